The fraction of sp³-hybridized carbons (Fsp3) is 0.522. The summed E-state index contributed by atoms with van der Waals surface area (Å²) < 4.78 is 7.46. The lowest BCUT2D eigenvalue weighted by Gasteiger charge is -2.24. The SMILES string of the molecule is CC.COc1cc2ncc(-c3nc(NC4CCCNC4)ccc3C)n2nc1C1CC1. The Labute approximate surface area is 178 Å². The van der Waals surface area contributed by atoms with E-state index in [1.807, 2.05) is 30.6 Å². The first-order valence-electron chi connectivity index (χ1n) is 11.1. The van der Waals surface area contributed by atoms with Gasteiger partial charge >= 0.3 is 0 Å². The van der Waals surface area contributed by atoms with E-state index in [0.29, 0.717) is 12.0 Å². The van der Waals surface area contributed by atoms with Crippen LogP contribution in [0.25, 0.3) is 17.0 Å². The fourth-order valence-corrected chi connectivity index (χ4v) is 3.93. The number of hydrogen-bond donors (Lipinski definition) is 2. The number of fused-ring (bicyclic) bond motifs is 1. The van der Waals surface area contributed by atoms with E-state index in [1.54, 1.807) is 7.11 Å². The average Bonchev–Trinajstić information content (AvgIpc) is 3.56. The Kier molecular flexibility index (Phi) is 6.18. The zero-order valence-corrected chi connectivity index (χ0v) is 18.4. The molecular weight excluding hydrogens is 376 g/mol. The van der Waals surface area contributed by atoms with Crippen molar-refractivity contribution in [2.45, 2.75) is 58.4 Å². The Morgan fingerprint density at radius 3 is 2.73 bits per heavy atom. The summed E-state index contributed by atoms with van der Waals surface area (Å²) in [6.07, 6.45) is 6.56. The number of imidazole rings is 1. The third-order valence-electron chi connectivity index (χ3n) is 5.66. The number of nitrogens with zero attached hydrogens (tertiary/aromatic N) is 4. The first-order valence-corrected chi connectivity index (χ1v) is 11.1. The van der Waals surface area contributed by atoms with Gasteiger partial charge in [0.2, 0.25) is 0 Å². The van der Waals surface area contributed by atoms with Crippen molar-refractivity contribution in [3.8, 4) is 17.1 Å². The topological polar surface area (TPSA) is 76.4 Å². The van der Waals surface area contributed by atoms with Gasteiger partial charge in [-0.05, 0) is 50.8 Å². The Balaban J connectivity index is 0.00000106. The molecule has 0 aromatic carbocycles. The van der Waals surface area contributed by atoms with E-state index < -0.39 is 0 Å². The number of anilines is 1. The molecule has 30 heavy (non-hydrogen) atoms. The van der Waals surface area contributed by atoms with E-state index in [9.17, 15) is 0 Å². The number of rotatable bonds is 5. The minimum absolute atomic E-state index is 0.419. The summed E-state index contributed by atoms with van der Waals surface area (Å²) in [5.41, 5.74) is 4.75. The molecule has 4 heterocycles. The van der Waals surface area contributed by atoms with Gasteiger partial charge in [-0.15, -0.1) is 0 Å². The first-order chi connectivity index (χ1) is 14.7. The van der Waals surface area contributed by atoms with E-state index >= 15 is 0 Å². The van der Waals surface area contributed by atoms with Crippen LogP contribution in [0.15, 0.2) is 24.4 Å². The molecule has 7 nitrogen and oxygen atoms in total. The predicted octanol–water partition coefficient (Wildman–Crippen LogP) is 4.18. The molecule has 1 saturated heterocycles. The van der Waals surface area contributed by atoms with Crippen molar-refractivity contribution < 1.29 is 4.74 Å². The number of aryl methyl sites for hydroxylation is 1. The van der Waals surface area contributed by atoms with E-state index in [1.165, 1.54) is 25.7 Å². The standard InChI is InChI=1S/C21H26N6O.C2H6/c1-13-5-8-18(24-15-4-3-9-22-11-15)25-20(13)16-12-23-19-10-17(28-2)21(14-6-7-14)26-27(16)19;1-2/h5,8,10,12,14-15,22H,3-4,6-7,9,11H2,1-2H3,(H,24,25);1-2H3. The van der Waals surface area contributed by atoms with Crippen LogP contribution in [-0.4, -0.2) is 45.8 Å². The second-order valence-corrected chi connectivity index (χ2v) is 7.84. The average molecular weight is 409 g/mol. The van der Waals surface area contributed by atoms with Gasteiger partial charge in [0.05, 0.1) is 19.0 Å². The third-order valence-corrected chi connectivity index (χ3v) is 5.66. The van der Waals surface area contributed by atoms with Crippen LogP contribution in [0.4, 0.5) is 5.82 Å². The van der Waals surface area contributed by atoms with Crippen LogP contribution in [0.2, 0.25) is 0 Å². The van der Waals surface area contributed by atoms with Gasteiger partial charge in [0, 0.05) is 24.6 Å². The second kappa shape index (κ2) is 9.00. The number of pyridine rings is 1. The van der Waals surface area contributed by atoms with Gasteiger partial charge < -0.3 is 15.4 Å². The molecule has 0 radical (unpaired) electrons. The minimum Gasteiger partial charge on any atom is -0.495 e. The van der Waals surface area contributed by atoms with Crippen LogP contribution in [0, 0.1) is 6.92 Å². The molecule has 0 amide bonds. The molecule has 2 aliphatic rings. The quantitative estimate of drug-likeness (QED) is 0.660. The molecule has 1 aliphatic heterocycles. The molecule has 3 aromatic rings. The fourth-order valence-electron chi connectivity index (χ4n) is 3.93. The Bertz CT molecular complexity index is 1000. The van der Waals surface area contributed by atoms with E-state index in [-0.39, 0.29) is 0 Å². The summed E-state index contributed by atoms with van der Waals surface area (Å²) >= 11 is 0. The van der Waals surface area contributed by atoms with Crippen LogP contribution in [0.3, 0.4) is 0 Å². The van der Waals surface area contributed by atoms with Crippen molar-refractivity contribution in [3.63, 3.8) is 0 Å². The Hall–Kier alpha value is -2.67. The number of nitrogens with one attached hydrogen (secondary N) is 2. The number of piperidine rings is 1. The summed E-state index contributed by atoms with van der Waals surface area (Å²) in [7, 11) is 1.70. The number of hydrogen-bond acceptors (Lipinski definition) is 6. The molecule has 7 heteroatoms. The highest BCUT2D eigenvalue weighted by Crippen LogP contribution is 2.43. The van der Waals surface area contributed by atoms with Crippen LogP contribution >= 0.6 is 0 Å². The lowest BCUT2D eigenvalue weighted by atomic mass is 10.1. The molecule has 0 bridgehead atoms. The van der Waals surface area contributed by atoms with Gasteiger partial charge in [-0.3, -0.25) is 0 Å². The van der Waals surface area contributed by atoms with Crippen molar-refractivity contribution in [2.24, 2.45) is 0 Å². The first kappa shape index (κ1) is 20.6. The molecule has 2 fully saturated rings. The van der Waals surface area contributed by atoms with Gasteiger partial charge in [0.15, 0.2) is 5.65 Å². The molecule has 3 aromatic heterocycles. The van der Waals surface area contributed by atoms with Crippen molar-refractivity contribution >= 4 is 11.5 Å². The highest BCUT2D eigenvalue weighted by Gasteiger charge is 2.30. The maximum absolute atomic E-state index is 5.55. The molecular formula is C23H32N6O. The largest absolute Gasteiger partial charge is 0.495 e. The van der Waals surface area contributed by atoms with E-state index in [4.69, 9.17) is 14.8 Å². The van der Waals surface area contributed by atoms with Gasteiger partial charge in [-0.1, -0.05) is 19.9 Å². The summed E-state index contributed by atoms with van der Waals surface area (Å²) in [6.45, 7) is 8.16. The summed E-state index contributed by atoms with van der Waals surface area (Å²) in [5, 5.41) is 11.9. The minimum atomic E-state index is 0.419. The third kappa shape index (κ3) is 4.12. The van der Waals surface area contributed by atoms with E-state index in [0.717, 1.165) is 52.9 Å². The summed E-state index contributed by atoms with van der Waals surface area (Å²) in [5.74, 6) is 2.23. The number of methoxy groups -OCH3 is 1. The molecule has 2 N–H and O–H groups in total. The van der Waals surface area contributed by atoms with Gasteiger partial charge in [0.1, 0.15) is 23.0 Å². The zero-order chi connectivity index (χ0) is 21.1. The smallest absolute Gasteiger partial charge is 0.157 e. The van der Waals surface area contributed by atoms with Gasteiger partial charge in [0.25, 0.3) is 0 Å². The molecule has 5 rings (SSSR count). The molecule has 1 unspecified atom stereocenters. The van der Waals surface area contributed by atoms with Crippen LogP contribution in [0.5, 0.6) is 5.75 Å². The van der Waals surface area contributed by atoms with Crippen molar-refractivity contribution in [2.75, 3.05) is 25.5 Å². The van der Waals surface area contributed by atoms with Gasteiger partial charge in [-0.2, -0.15) is 5.10 Å². The van der Waals surface area contributed by atoms with E-state index in [2.05, 4.69) is 34.7 Å². The summed E-state index contributed by atoms with van der Waals surface area (Å²) in [4.78, 5) is 9.48. The number of ether oxygens (including phenoxy) is 1. The van der Waals surface area contributed by atoms with Crippen molar-refractivity contribution in [1.82, 2.24) is 24.9 Å². The lowest BCUT2D eigenvalue weighted by molar-refractivity contribution is 0.405. The maximum Gasteiger partial charge on any atom is 0.157 e. The second-order valence-electron chi connectivity index (χ2n) is 7.84. The van der Waals surface area contributed by atoms with Gasteiger partial charge in [-0.25, -0.2) is 14.5 Å². The Morgan fingerprint density at radius 1 is 1.20 bits per heavy atom. The Morgan fingerprint density at radius 2 is 2.03 bits per heavy atom. The molecule has 1 saturated carbocycles. The van der Waals surface area contributed by atoms with Crippen molar-refractivity contribution in [3.05, 3.63) is 35.7 Å². The molecule has 1 atom stereocenters. The summed E-state index contributed by atoms with van der Waals surface area (Å²) in [6, 6.07) is 6.58. The highest BCUT2D eigenvalue weighted by molar-refractivity contribution is 5.65. The van der Waals surface area contributed by atoms with Crippen LogP contribution in [0.1, 0.15) is 56.7 Å². The van der Waals surface area contributed by atoms with Crippen molar-refractivity contribution in [1.29, 1.82) is 0 Å². The van der Waals surface area contributed by atoms with Crippen LogP contribution < -0.4 is 15.4 Å². The lowest BCUT2D eigenvalue weighted by Crippen LogP contribution is -2.38. The predicted molar refractivity (Wildman–Crippen MR) is 120 cm³/mol. The monoisotopic (exact) mass is 408 g/mol. The molecule has 160 valence electrons. The number of aromatic nitrogens is 4. The molecule has 0 spiro atoms. The normalized spacial score (nSPS) is 18.6. The maximum atomic E-state index is 5.55. The zero-order valence-electron chi connectivity index (χ0n) is 18.4. The highest BCUT2D eigenvalue weighted by atomic mass is 16.5. The molecule has 1 aliphatic carbocycles. The van der Waals surface area contributed by atoms with Crippen LogP contribution in [-0.2, 0) is 0 Å².